The SMILES string of the molecule is Fc1ccc([C@@H]2CCCc3ncccc32)cc1. The van der Waals surface area contributed by atoms with E-state index in [1.165, 1.54) is 16.8 Å². The molecule has 1 aliphatic rings. The molecule has 86 valence electrons. The van der Waals surface area contributed by atoms with Crippen LogP contribution in [0.4, 0.5) is 4.39 Å². The zero-order valence-electron chi connectivity index (χ0n) is 9.57. The van der Waals surface area contributed by atoms with E-state index in [2.05, 4.69) is 11.1 Å². The van der Waals surface area contributed by atoms with Crippen molar-refractivity contribution in [1.82, 2.24) is 4.98 Å². The Hall–Kier alpha value is -1.70. The summed E-state index contributed by atoms with van der Waals surface area (Å²) in [5, 5.41) is 0. The standard InChI is InChI=1S/C15H14FN/c16-12-8-6-11(7-9-12)13-3-1-5-15-14(13)4-2-10-17-15/h2,4,6-10,13H,1,3,5H2/t13-/m0/s1. The minimum Gasteiger partial charge on any atom is -0.261 e. The first-order valence-electron chi connectivity index (χ1n) is 6.04. The molecule has 17 heavy (non-hydrogen) atoms. The van der Waals surface area contributed by atoms with E-state index in [-0.39, 0.29) is 5.82 Å². The van der Waals surface area contributed by atoms with Crippen LogP contribution in [-0.2, 0) is 6.42 Å². The van der Waals surface area contributed by atoms with Crippen LogP contribution in [0.1, 0.15) is 35.6 Å². The number of halogens is 1. The summed E-state index contributed by atoms with van der Waals surface area (Å²) in [6.45, 7) is 0. The van der Waals surface area contributed by atoms with Gasteiger partial charge < -0.3 is 0 Å². The third-order valence-corrected chi connectivity index (χ3v) is 3.48. The van der Waals surface area contributed by atoms with Crippen LogP contribution in [-0.4, -0.2) is 4.98 Å². The average molecular weight is 227 g/mol. The second-order valence-corrected chi connectivity index (χ2v) is 4.54. The molecule has 1 nitrogen and oxygen atoms in total. The molecule has 0 fully saturated rings. The maximum absolute atomic E-state index is 12.9. The molecule has 0 spiro atoms. The van der Waals surface area contributed by atoms with E-state index in [4.69, 9.17) is 0 Å². The lowest BCUT2D eigenvalue weighted by Gasteiger charge is -2.24. The van der Waals surface area contributed by atoms with Crippen LogP contribution >= 0.6 is 0 Å². The molecule has 1 aliphatic carbocycles. The van der Waals surface area contributed by atoms with Crippen LogP contribution in [0.15, 0.2) is 42.6 Å². The fourth-order valence-corrected chi connectivity index (χ4v) is 2.65. The average Bonchev–Trinajstić information content (AvgIpc) is 2.39. The van der Waals surface area contributed by atoms with Crippen LogP contribution in [0.5, 0.6) is 0 Å². The first-order chi connectivity index (χ1) is 8.34. The smallest absolute Gasteiger partial charge is 0.123 e. The number of hydrogen-bond donors (Lipinski definition) is 0. The van der Waals surface area contributed by atoms with Gasteiger partial charge in [0.2, 0.25) is 0 Å². The summed E-state index contributed by atoms with van der Waals surface area (Å²) in [4.78, 5) is 4.44. The van der Waals surface area contributed by atoms with E-state index in [0.717, 1.165) is 19.3 Å². The molecule has 0 unspecified atom stereocenters. The highest BCUT2D eigenvalue weighted by Crippen LogP contribution is 2.35. The summed E-state index contributed by atoms with van der Waals surface area (Å²) >= 11 is 0. The maximum atomic E-state index is 12.9. The quantitative estimate of drug-likeness (QED) is 0.724. The molecule has 1 atom stereocenters. The van der Waals surface area contributed by atoms with Gasteiger partial charge in [-0.3, -0.25) is 4.98 Å². The van der Waals surface area contributed by atoms with Crippen molar-refractivity contribution in [1.29, 1.82) is 0 Å². The van der Waals surface area contributed by atoms with Gasteiger partial charge in [0.1, 0.15) is 5.82 Å². The molecule has 1 aromatic heterocycles. The van der Waals surface area contributed by atoms with Gasteiger partial charge in [-0.05, 0) is 48.6 Å². The molecule has 1 heterocycles. The van der Waals surface area contributed by atoms with Crippen LogP contribution in [0.3, 0.4) is 0 Å². The number of benzene rings is 1. The second-order valence-electron chi connectivity index (χ2n) is 4.54. The Morgan fingerprint density at radius 2 is 1.94 bits per heavy atom. The molecule has 0 N–H and O–H groups in total. The van der Waals surface area contributed by atoms with Crippen LogP contribution < -0.4 is 0 Å². The number of rotatable bonds is 1. The van der Waals surface area contributed by atoms with Crippen molar-refractivity contribution < 1.29 is 4.39 Å². The molecule has 0 saturated heterocycles. The van der Waals surface area contributed by atoms with E-state index in [9.17, 15) is 4.39 Å². The van der Waals surface area contributed by atoms with Crippen molar-refractivity contribution in [3.05, 3.63) is 65.2 Å². The third kappa shape index (κ3) is 1.95. The van der Waals surface area contributed by atoms with Gasteiger partial charge in [-0.1, -0.05) is 18.2 Å². The molecule has 0 aliphatic heterocycles. The van der Waals surface area contributed by atoms with Crippen LogP contribution in [0, 0.1) is 5.82 Å². The molecule has 0 radical (unpaired) electrons. The van der Waals surface area contributed by atoms with Crippen molar-refractivity contribution in [2.75, 3.05) is 0 Å². The number of aryl methyl sites for hydroxylation is 1. The highest BCUT2D eigenvalue weighted by molar-refractivity contribution is 5.36. The monoisotopic (exact) mass is 227 g/mol. The van der Waals surface area contributed by atoms with Gasteiger partial charge in [0.05, 0.1) is 0 Å². The Balaban J connectivity index is 2.03. The number of fused-ring (bicyclic) bond motifs is 1. The summed E-state index contributed by atoms with van der Waals surface area (Å²) in [5.74, 6) is 0.212. The Labute approximate surface area is 100 Å². The first-order valence-corrected chi connectivity index (χ1v) is 6.04. The second kappa shape index (κ2) is 4.28. The molecule has 0 amide bonds. The summed E-state index contributed by atoms with van der Waals surface area (Å²) in [7, 11) is 0. The Morgan fingerprint density at radius 3 is 2.76 bits per heavy atom. The summed E-state index contributed by atoms with van der Waals surface area (Å²) in [6.07, 6.45) is 5.20. The third-order valence-electron chi connectivity index (χ3n) is 3.48. The van der Waals surface area contributed by atoms with Crippen LogP contribution in [0.2, 0.25) is 0 Å². The van der Waals surface area contributed by atoms with Crippen molar-refractivity contribution >= 4 is 0 Å². The molecule has 0 bridgehead atoms. The topological polar surface area (TPSA) is 12.9 Å². The van der Waals surface area contributed by atoms with Gasteiger partial charge in [-0.2, -0.15) is 0 Å². The van der Waals surface area contributed by atoms with E-state index in [1.54, 1.807) is 12.1 Å². The molecule has 0 saturated carbocycles. The molecule has 2 aromatic rings. The molecular formula is C15H14FN. The number of pyridine rings is 1. The number of nitrogens with zero attached hydrogens (tertiary/aromatic N) is 1. The molecule has 1 aromatic carbocycles. The van der Waals surface area contributed by atoms with Crippen LogP contribution in [0.25, 0.3) is 0 Å². The van der Waals surface area contributed by atoms with Crippen molar-refractivity contribution in [2.45, 2.75) is 25.2 Å². The lowest BCUT2D eigenvalue weighted by Crippen LogP contribution is -2.12. The lowest BCUT2D eigenvalue weighted by molar-refractivity contribution is 0.597. The largest absolute Gasteiger partial charge is 0.261 e. The summed E-state index contributed by atoms with van der Waals surface area (Å²) in [6, 6.07) is 11.0. The normalized spacial score (nSPS) is 18.8. The van der Waals surface area contributed by atoms with Gasteiger partial charge >= 0.3 is 0 Å². The molecule has 3 rings (SSSR count). The molecule has 2 heteroatoms. The zero-order chi connectivity index (χ0) is 11.7. The fraction of sp³-hybridized carbons (Fsp3) is 0.267. The van der Waals surface area contributed by atoms with E-state index < -0.39 is 0 Å². The van der Waals surface area contributed by atoms with Gasteiger partial charge in [-0.15, -0.1) is 0 Å². The minimum absolute atomic E-state index is 0.170. The minimum atomic E-state index is -0.170. The predicted octanol–water partition coefficient (Wildman–Crippen LogP) is 3.69. The van der Waals surface area contributed by atoms with Crippen molar-refractivity contribution in [2.24, 2.45) is 0 Å². The van der Waals surface area contributed by atoms with E-state index in [0.29, 0.717) is 5.92 Å². The molecular weight excluding hydrogens is 213 g/mol. The lowest BCUT2D eigenvalue weighted by atomic mass is 9.81. The first kappa shape index (κ1) is 10.5. The van der Waals surface area contributed by atoms with Crippen molar-refractivity contribution in [3.63, 3.8) is 0 Å². The van der Waals surface area contributed by atoms with Crippen molar-refractivity contribution in [3.8, 4) is 0 Å². The van der Waals surface area contributed by atoms with E-state index in [1.807, 2.05) is 24.4 Å². The van der Waals surface area contributed by atoms with Gasteiger partial charge in [0, 0.05) is 17.8 Å². The summed E-state index contributed by atoms with van der Waals surface area (Å²) < 4.78 is 12.9. The summed E-state index contributed by atoms with van der Waals surface area (Å²) in [5.41, 5.74) is 3.71. The zero-order valence-corrected chi connectivity index (χ0v) is 9.57. The predicted molar refractivity (Wildman–Crippen MR) is 65.4 cm³/mol. The Morgan fingerprint density at radius 1 is 1.12 bits per heavy atom. The maximum Gasteiger partial charge on any atom is 0.123 e. The highest BCUT2D eigenvalue weighted by atomic mass is 19.1. The number of aromatic nitrogens is 1. The van der Waals surface area contributed by atoms with E-state index >= 15 is 0 Å². The number of hydrogen-bond acceptors (Lipinski definition) is 1. The van der Waals surface area contributed by atoms with Gasteiger partial charge in [0.25, 0.3) is 0 Å². The Kier molecular flexibility index (Phi) is 2.63. The Bertz CT molecular complexity index is 519. The van der Waals surface area contributed by atoms with Gasteiger partial charge in [-0.25, -0.2) is 4.39 Å². The highest BCUT2D eigenvalue weighted by Gasteiger charge is 2.21. The fourth-order valence-electron chi connectivity index (χ4n) is 2.65. The van der Waals surface area contributed by atoms with Gasteiger partial charge in [0.15, 0.2) is 0 Å².